The van der Waals surface area contributed by atoms with Crippen LogP contribution >= 0.6 is 0 Å². The van der Waals surface area contributed by atoms with Crippen molar-refractivity contribution in [1.29, 1.82) is 0 Å². The zero-order valence-electron chi connectivity index (χ0n) is 14.2. The summed E-state index contributed by atoms with van der Waals surface area (Å²) < 4.78 is 24.6. The number of rotatable bonds is 7. The molecule has 0 saturated carbocycles. The van der Waals surface area contributed by atoms with Crippen LogP contribution < -0.4 is 10.1 Å². The number of halogens is 1. The van der Waals surface area contributed by atoms with E-state index < -0.39 is 5.82 Å². The zero-order chi connectivity index (χ0) is 18.4. The lowest BCUT2D eigenvalue weighted by molar-refractivity contribution is 0.0946. The van der Waals surface area contributed by atoms with Gasteiger partial charge < -0.3 is 14.8 Å². The number of ether oxygens (including phenoxy) is 2. The minimum Gasteiger partial charge on any atom is -0.488 e. The summed E-state index contributed by atoms with van der Waals surface area (Å²) in [5.41, 5.74) is 1.91. The lowest BCUT2D eigenvalue weighted by Crippen LogP contribution is -2.24. The number of nitrogens with zero attached hydrogens (tertiary/aromatic N) is 2. The molecule has 1 amide bonds. The first-order chi connectivity index (χ1) is 12.7. The van der Waals surface area contributed by atoms with Gasteiger partial charge in [-0.05, 0) is 30.3 Å². The van der Waals surface area contributed by atoms with Crippen LogP contribution in [0.4, 0.5) is 4.39 Å². The van der Waals surface area contributed by atoms with Crippen molar-refractivity contribution in [3.05, 3.63) is 65.7 Å². The van der Waals surface area contributed by atoms with Gasteiger partial charge in [-0.3, -0.25) is 9.78 Å². The molecular formula is C19H18FN3O3. The van der Waals surface area contributed by atoms with Crippen molar-refractivity contribution in [1.82, 2.24) is 15.3 Å². The quantitative estimate of drug-likeness (QED) is 0.660. The number of carbonyl (C=O) groups is 1. The van der Waals surface area contributed by atoms with Gasteiger partial charge in [0.2, 0.25) is 0 Å². The number of aromatic nitrogens is 2. The van der Waals surface area contributed by atoms with E-state index in [0.717, 1.165) is 0 Å². The maximum absolute atomic E-state index is 14.4. The molecule has 134 valence electrons. The van der Waals surface area contributed by atoms with E-state index in [0.29, 0.717) is 23.2 Å². The molecule has 0 unspecified atom stereocenters. The Morgan fingerprint density at radius 3 is 2.85 bits per heavy atom. The normalized spacial score (nSPS) is 10.7. The van der Waals surface area contributed by atoms with E-state index in [2.05, 4.69) is 15.3 Å². The fourth-order valence-corrected chi connectivity index (χ4v) is 2.39. The summed E-state index contributed by atoms with van der Waals surface area (Å²) >= 11 is 0. The predicted octanol–water partition coefficient (Wildman–Crippen LogP) is 2.72. The van der Waals surface area contributed by atoms with E-state index in [9.17, 15) is 9.18 Å². The number of hydrogen-bond donors (Lipinski definition) is 1. The van der Waals surface area contributed by atoms with Gasteiger partial charge in [0.05, 0.1) is 17.6 Å². The lowest BCUT2D eigenvalue weighted by Gasteiger charge is -2.11. The van der Waals surface area contributed by atoms with E-state index in [-0.39, 0.29) is 30.5 Å². The summed E-state index contributed by atoms with van der Waals surface area (Å²) in [5, 5.41) is 2.67. The molecular weight excluding hydrogens is 337 g/mol. The molecule has 26 heavy (non-hydrogen) atoms. The molecule has 1 N–H and O–H groups in total. The van der Waals surface area contributed by atoms with Crippen LogP contribution in [0.15, 0.2) is 48.7 Å². The third kappa shape index (κ3) is 4.12. The summed E-state index contributed by atoms with van der Waals surface area (Å²) in [5.74, 6) is -0.760. The predicted molar refractivity (Wildman–Crippen MR) is 94.5 cm³/mol. The molecule has 3 aromatic rings. The summed E-state index contributed by atoms with van der Waals surface area (Å²) in [4.78, 5) is 20.7. The minimum atomic E-state index is -0.500. The van der Waals surface area contributed by atoms with Gasteiger partial charge in [0.15, 0.2) is 11.6 Å². The van der Waals surface area contributed by atoms with Crippen LogP contribution in [-0.4, -0.2) is 36.2 Å². The van der Waals surface area contributed by atoms with Gasteiger partial charge in [0.25, 0.3) is 5.91 Å². The first kappa shape index (κ1) is 17.8. The second-order valence-corrected chi connectivity index (χ2v) is 5.49. The topological polar surface area (TPSA) is 73.3 Å². The van der Waals surface area contributed by atoms with Gasteiger partial charge in [0.1, 0.15) is 12.3 Å². The SMILES string of the molecule is COCCOc1cccc(CNC(=O)c2ccc3ncccc3n2)c1F. The van der Waals surface area contributed by atoms with Crippen LogP contribution in [0.2, 0.25) is 0 Å². The molecule has 0 aliphatic heterocycles. The van der Waals surface area contributed by atoms with Crippen LogP contribution in [0.25, 0.3) is 11.0 Å². The van der Waals surface area contributed by atoms with Crippen molar-refractivity contribution in [2.75, 3.05) is 20.3 Å². The molecule has 1 aromatic carbocycles. The Hall–Kier alpha value is -3.06. The summed E-state index contributed by atoms with van der Waals surface area (Å²) in [7, 11) is 1.54. The van der Waals surface area contributed by atoms with Crippen molar-refractivity contribution in [3.8, 4) is 5.75 Å². The Balaban J connectivity index is 1.67. The second-order valence-electron chi connectivity index (χ2n) is 5.49. The molecule has 0 saturated heterocycles. The van der Waals surface area contributed by atoms with E-state index in [1.54, 1.807) is 49.7 Å². The standard InChI is InChI=1S/C19H18FN3O3/c1-25-10-11-26-17-6-2-4-13(18(17)20)12-22-19(24)16-8-7-14-15(23-16)5-3-9-21-14/h2-9H,10-12H2,1H3,(H,22,24). The Kier molecular flexibility index (Phi) is 5.70. The van der Waals surface area contributed by atoms with E-state index >= 15 is 0 Å². The van der Waals surface area contributed by atoms with Gasteiger partial charge in [-0.15, -0.1) is 0 Å². The molecule has 0 aliphatic carbocycles. The Bertz CT molecular complexity index is 917. The van der Waals surface area contributed by atoms with Gasteiger partial charge in [-0.1, -0.05) is 12.1 Å². The summed E-state index contributed by atoms with van der Waals surface area (Å²) in [6.07, 6.45) is 1.66. The van der Waals surface area contributed by atoms with Crippen LogP contribution in [-0.2, 0) is 11.3 Å². The number of fused-ring (bicyclic) bond motifs is 1. The third-order valence-corrected chi connectivity index (χ3v) is 3.72. The van der Waals surface area contributed by atoms with Crippen molar-refractivity contribution in [2.45, 2.75) is 6.54 Å². The number of methoxy groups -OCH3 is 1. The van der Waals surface area contributed by atoms with Gasteiger partial charge in [-0.25, -0.2) is 9.37 Å². The van der Waals surface area contributed by atoms with Crippen LogP contribution in [0.1, 0.15) is 16.1 Å². The van der Waals surface area contributed by atoms with Gasteiger partial charge in [0, 0.05) is 25.4 Å². The third-order valence-electron chi connectivity index (χ3n) is 3.72. The first-order valence-electron chi connectivity index (χ1n) is 8.08. The maximum Gasteiger partial charge on any atom is 0.270 e. The molecule has 0 spiro atoms. The average molecular weight is 355 g/mol. The molecule has 0 fully saturated rings. The number of hydrogen-bond acceptors (Lipinski definition) is 5. The van der Waals surface area contributed by atoms with Gasteiger partial charge in [-0.2, -0.15) is 0 Å². The molecule has 7 heteroatoms. The fraction of sp³-hybridized carbons (Fsp3) is 0.211. The number of amides is 1. The van der Waals surface area contributed by atoms with Crippen LogP contribution in [0.5, 0.6) is 5.75 Å². The number of pyridine rings is 2. The molecule has 0 bridgehead atoms. The molecule has 0 atom stereocenters. The zero-order valence-corrected chi connectivity index (χ0v) is 14.2. The Morgan fingerprint density at radius 2 is 2.00 bits per heavy atom. The number of carbonyl (C=O) groups excluding carboxylic acids is 1. The highest BCUT2D eigenvalue weighted by molar-refractivity contribution is 5.94. The largest absolute Gasteiger partial charge is 0.488 e. The highest BCUT2D eigenvalue weighted by Crippen LogP contribution is 2.20. The highest BCUT2D eigenvalue weighted by atomic mass is 19.1. The minimum absolute atomic E-state index is 0.0267. The van der Waals surface area contributed by atoms with Crippen molar-refractivity contribution >= 4 is 16.9 Å². The Labute approximate surface area is 150 Å². The van der Waals surface area contributed by atoms with Crippen LogP contribution in [0.3, 0.4) is 0 Å². The highest BCUT2D eigenvalue weighted by Gasteiger charge is 2.12. The van der Waals surface area contributed by atoms with E-state index in [1.165, 1.54) is 6.07 Å². The maximum atomic E-state index is 14.4. The van der Waals surface area contributed by atoms with Crippen molar-refractivity contribution in [3.63, 3.8) is 0 Å². The molecule has 0 radical (unpaired) electrons. The monoisotopic (exact) mass is 355 g/mol. The Morgan fingerprint density at radius 1 is 1.12 bits per heavy atom. The van der Waals surface area contributed by atoms with E-state index in [4.69, 9.17) is 9.47 Å². The molecule has 6 nitrogen and oxygen atoms in total. The first-order valence-corrected chi connectivity index (χ1v) is 8.08. The number of benzene rings is 1. The molecule has 3 rings (SSSR count). The molecule has 2 aromatic heterocycles. The smallest absolute Gasteiger partial charge is 0.270 e. The average Bonchev–Trinajstić information content (AvgIpc) is 2.68. The van der Waals surface area contributed by atoms with Gasteiger partial charge >= 0.3 is 0 Å². The fourth-order valence-electron chi connectivity index (χ4n) is 2.39. The lowest BCUT2D eigenvalue weighted by atomic mass is 10.2. The second kappa shape index (κ2) is 8.35. The number of nitrogens with one attached hydrogen (secondary N) is 1. The molecule has 0 aliphatic rings. The van der Waals surface area contributed by atoms with Crippen LogP contribution in [0, 0.1) is 5.82 Å². The molecule has 2 heterocycles. The van der Waals surface area contributed by atoms with Crippen molar-refractivity contribution < 1.29 is 18.7 Å². The van der Waals surface area contributed by atoms with Crippen molar-refractivity contribution in [2.24, 2.45) is 0 Å². The summed E-state index contributed by atoms with van der Waals surface area (Å²) in [6, 6.07) is 11.6. The summed E-state index contributed by atoms with van der Waals surface area (Å²) in [6.45, 7) is 0.639. The van der Waals surface area contributed by atoms with E-state index in [1.807, 2.05) is 0 Å².